The second-order valence-corrected chi connectivity index (χ2v) is 14.5. The molecule has 0 aromatic heterocycles. The van der Waals surface area contributed by atoms with Gasteiger partial charge >= 0.3 is 0 Å². The van der Waals surface area contributed by atoms with Crippen molar-refractivity contribution in [1.82, 2.24) is 0 Å². The minimum atomic E-state index is -2.52. The molecule has 0 fully saturated rings. The summed E-state index contributed by atoms with van der Waals surface area (Å²) >= 11 is 0. The van der Waals surface area contributed by atoms with Gasteiger partial charge in [-0.2, -0.15) is 0 Å². The van der Waals surface area contributed by atoms with Crippen LogP contribution in [-0.2, 0) is 21.7 Å². The normalized spacial score (nSPS) is 16.9. The van der Waals surface area contributed by atoms with Gasteiger partial charge in [0.2, 0.25) is 8.32 Å². The van der Waals surface area contributed by atoms with Gasteiger partial charge in [-0.15, -0.1) is 0 Å². The fourth-order valence-electron chi connectivity index (χ4n) is 4.47. The van der Waals surface area contributed by atoms with E-state index < -0.39 is 8.32 Å². The van der Waals surface area contributed by atoms with Crippen LogP contribution in [0.5, 0.6) is 0 Å². The van der Waals surface area contributed by atoms with Crippen LogP contribution in [0, 0.1) is 0 Å². The molecule has 1 nitrogen and oxygen atoms in total. The van der Waals surface area contributed by atoms with Gasteiger partial charge in [0.15, 0.2) is 0 Å². The first kappa shape index (κ1) is 20.4. The molecule has 0 aliphatic heterocycles. The zero-order valence-corrected chi connectivity index (χ0v) is 17.2. The molecule has 1 aliphatic rings. The van der Waals surface area contributed by atoms with Crippen LogP contribution in [0.1, 0.15) is 68.2 Å². The molecule has 114 valence electrons. The Kier molecular flexibility index (Phi) is 6.35. The zero-order chi connectivity index (χ0) is 15.1. The molecule has 0 spiro atoms. The minimum absolute atomic E-state index is 0. The third kappa shape index (κ3) is 3.58. The summed E-state index contributed by atoms with van der Waals surface area (Å²) in [6.45, 7) is 17.8. The Hall–Kier alpha value is 0.371. The molecule has 0 heterocycles. The second-order valence-electron chi connectivity index (χ2n) is 8.73. The van der Waals surface area contributed by atoms with Crippen LogP contribution >= 0.6 is 0 Å². The number of allylic oxidation sites excluding steroid dienone is 4. The van der Waals surface area contributed by atoms with Crippen LogP contribution in [0.4, 0.5) is 0 Å². The molecule has 0 saturated heterocycles. The van der Waals surface area contributed by atoms with E-state index in [4.69, 9.17) is 0 Å². The van der Waals surface area contributed by atoms with Crippen molar-refractivity contribution in [3.8, 4) is 0 Å². The van der Waals surface area contributed by atoms with Crippen molar-refractivity contribution in [1.29, 1.82) is 0 Å². The number of rotatable bonds is 3. The van der Waals surface area contributed by atoms with Gasteiger partial charge in [0, 0.05) is 21.7 Å². The fourth-order valence-corrected chi connectivity index (χ4v) is 11.3. The van der Waals surface area contributed by atoms with E-state index in [-0.39, 0.29) is 36.8 Å². The van der Waals surface area contributed by atoms with E-state index in [2.05, 4.69) is 73.6 Å². The Labute approximate surface area is 141 Å². The monoisotopic (exact) mass is 328 g/mol. The first-order valence-corrected chi connectivity index (χ1v) is 9.35. The summed E-state index contributed by atoms with van der Waals surface area (Å²) in [7, 11) is -2.52. The molecule has 0 aromatic carbocycles. The van der Waals surface area contributed by atoms with Gasteiger partial charge in [0.25, 0.3) is 0 Å². The average molecular weight is 328 g/mol. The molecule has 1 rings (SSSR count). The third-order valence-electron chi connectivity index (χ3n) is 4.67. The first-order chi connectivity index (χ1) is 8.33. The maximum Gasteiger partial charge on any atom is 0.205 e. The Morgan fingerprint density at radius 3 is 1.75 bits per heavy atom. The van der Waals surface area contributed by atoms with E-state index in [0.717, 1.165) is 12.8 Å². The van der Waals surface area contributed by atoms with Crippen molar-refractivity contribution < 1.29 is 26.5 Å². The zero-order valence-electron chi connectivity index (χ0n) is 14.6. The van der Waals surface area contributed by atoms with E-state index in [1.54, 1.807) is 0 Å². The van der Waals surface area contributed by atoms with Crippen molar-refractivity contribution in [2.75, 3.05) is 0 Å². The van der Waals surface area contributed by atoms with Crippen LogP contribution in [-0.4, -0.2) is 13.1 Å². The summed E-state index contributed by atoms with van der Waals surface area (Å²) in [6.07, 6.45) is 8.64. The van der Waals surface area contributed by atoms with E-state index in [1.807, 2.05) is 0 Å². The average Bonchev–Trinajstić information content (AvgIpc) is 2.64. The van der Waals surface area contributed by atoms with Crippen LogP contribution in [0.3, 0.4) is 0 Å². The molecule has 20 heavy (non-hydrogen) atoms. The van der Waals surface area contributed by atoms with Gasteiger partial charge in [0.1, 0.15) is 0 Å². The molecule has 1 aliphatic carbocycles. The number of hydrogen-bond donors (Lipinski definition) is 1. The molecule has 0 unspecified atom stereocenters. The van der Waals surface area contributed by atoms with E-state index in [1.165, 1.54) is 5.57 Å². The van der Waals surface area contributed by atoms with Gasteiger partial charge in [-0.1, -0.05) is 79.2 Å². The van der Waals surface area contributed by atoms with Gasteiger partial charge in [-0.3, -0.25) is 0 Å². The largest absolute Gasteiger partial charge is 0.430 e. The van der Waals surface area contributed by atoms with E-state index in [9.17, 15) is 4.80 Å². The Morgan fingerprint density at radius 1 is 1.00 bits per heavy atom. The molecule has 0 saturated carbocycles. The summed E-state index contributed by atoms with van der Waals surface area (Å²) in [5.41, 5.74) is 1.46. The van der Waals surface area contributed by atoms with Crippen LogP contribution in [0.15, 0.2) is 23.8 Å². The van der Waals surface area contributed by atoms with Gasteiger partial charge < -0.3 is 4.80 Å². The van der Waals surface area contributed by atoms with Gasteiger partial charge in [-0.25, -0.2) is 0 Å². The summed E-state index contributed by atoms with van der Waals surface area (Å²) in [4.78, 5) is 11.8. The van der Waals surface area contributed by atoms with Crippen LogP contribution in [0.25, 0.3) is 0 Å². The summed E-state index contributed by atoms with van der Waals surface area (Å²) in [6, 6.07) is 0. The minimum Gasteiger partial charge on any atom is -0.430 e. The number of hydrogen-bond acceptors (Lipinski definition) is 1. The molecular weight excluding hydrogens is 296 g/mol. The van der Waals surface area contributed by atoms with Gasteiger partial charge in [-0.05, 0) is 28.0 Å². The Morgan fingerprint density at radius 2 is 1.45 bits per heavy atom. The third-order valence-corrected chi connectivity index (χ3v) is 11.1. The van der Waals surface area contributed by atoms with Crippen LogP contribution < -0.4 is 0 Å². The van der Waals surface area contributed by atoms with Crippen molar-refractivity contribution in [3.05, 3.63) is 23.8 Å². The van der Waals surface area contributed by atoms with Crippen LogP contribution in [0.2, 0.25) is 15.1 Å². The summed E-state index contributed by atoms with van der Waals surface area (Å²) in [5.74, 6) is 0. The van der Waals surface area contributed by atoms with Crippen molar-refractivity contribution in [3.63, 3.8) is 0 Å². The van der Waals surface area contributed by atoms with Crippen molar-refractivity contribution in [2.45, 2.75) is 83.3 Å². The van der Waals surface area contributed by atoms with E-state index >= 15 is 0 Å². The maximum absolute atomic E-state index is 11.8. The van der Waals surface area contributed by atoms with Crippen molar-refractivity contribution >= 4 is 8.32 Å². The molecule has 3 heteroatoms. The predicted molar refractivity (Wildman–Crippen MR) is 87.9 cm³/mol. The smallest absolute Gasteiger partial charge is 0.205 e. The Balaban J connectivity index is 0.00000361. The predicted octanol–water partition coefficient (Wildman–Crippen LogP) is 5.58. The second kappa shape index (κ2) is 6.24. The van der Waals surface area contributed by atoms with Crippen molar-refractivity contribution in [2.24, 2.45) is 0 Å². The SMILES string of the molecule is CC(C)(C)[Si](O)(C(C)(C)C)C(C)(C)CC1=CC=CC1.[Ti]. The molecule has 0 bridgehead atoms. The molecular formula is C17H32OSiTi. The standard InChI is InChI=1S/C17H32OSi.Ti/c1-15(2,3)19(18,16(4,5)6)17(7,8)13-14-11-9-10-12-14;/h9-11,18H,12-13H2,1-8H3;. The molecule has 0 aromatic rings. The first-order valence-electron chi connectivity index (χ1n) is 7.40. The van der Waals surface area contributed by atoms with E-state index in [0.29, 0.717) is 0 Å². The molecule has 0 radical (unpaired) electrons. The molecule has 0 atom stereocenters. The Bertz CT molecular complexity index is 380. The maximum atomic E-state index is 11.8. The van der Waals surface area contributed by atoms with Gasteiger partial charge in [0.05, 0.1) is 0 Å². The topological polar surface area (TPSA) is 20.2 Å². The summed E-state index contributed by atoms with van der Waals surface area (Å²) in [5, 5.41) is -0.0793. The quantitative estimate of drug-likeness (QED) is 0.671. The fraction of sp³-hybridized carbons (Fsp3) is 0.765. The molecule has 0 amide bonds. The molecule has 1 N–H and O–H groups in total. The summed E-state index contributed by atoms with van der Waals surface area (Å²) < 4.78 is 0.